The van der Waals surface area contributed by atoms with Crippen molar-refractivity contribution in [3.05, 3.63) is 6.92 Å². The highest BCUT2D eigenvalue weighted by atomic mass is 16.7. The zero-order chi connectivity index (χ0) is 8.10. The van der Waals surface area contributed by atoms with Crippen molar-refractivity contribution in [2.75, 3.05) is 13.2 Å². The summed E-state index contributed by atoms with van der Waals surface area (Å²) >= 11 is 0. The van der Waals surface area contributed by atoms with Crippen LogP contribution in [0.25, 0.3) is 0 Å². The average Bonchev–Trinajstić information content (AvgIpc) is 2.04. The topological polar surface area (TPSA) is 18.5 Å². The van der Waals surface area contributed by atoms with E-state index in [0.717, 1.165) is 6.42 Å². The van der Waals surface area contributed by atoms with Crippen LogP contribution < -0.4 is 0 Å². The van der Waals surface area contributed by atoms with Crippen molar-refractivity contribution in [3.8, 4) is 0 Å². The van der Waals surface area contributed by atoms with Crippen LogP contribution in [0.3, 0.4) is 0 Å². The highest BCUT2D eigenvalue weighted by molar-refractivity contribution is 4.64. The summed E-state index contributed by atoms with van der Waals surface area (Å²) in [7, 11) is 0. The molecule has 1 rings (SSSR count). The summed E-state index contributed by atoms with van der Waals surface area (Å²) in [6.07, 6.45) is 3.37. The van der Waals surface area contributed by atoms with Crippen LogP contribution in [0.2, 0.25) is 0 Å². The van der Waals surface area contributed by atoms with Crippen molar-refractivity contribution in [3.63, 3.8) is 0 Å². The molecule has 2 nitrogen and oxygen atoms in total. The van der Waals surface area contributed by atoms with Crippen LogP contribution in [0.15, 0.2) is 0 Å². The first kappa shape index (κ1) is 9.01. The smallest absolute Gasteiger partial charge is 0.157 e. The lowest BCUT2D eigenvalue weighted by molar-refractivity contribution is -0.196. The van der Waals surface area contributed by atoms with Crippen LogP contribution in [0, 0.1) is 12.8 Å². The molecule has 11 heavy (non-hydrogen) atoms. The minimum atomic E-state index is 0.00903. The van der Waals surface area contributed by atoms with Gasteiger partial charge in [0, 0.05) is 5.92 Å². The fraction of sp³-hybridized carbons (Fsp3) is 0.889. The molecule has 64 valence electrons. The molecule has 1 saturated heterocycles. The molecule has 0 bridgehead atoms. The molecular weight excluding hydrogens is 140 g/mol. The highest BCUT2D eigenvalue weighted by Crippen LogP contribution is 2.14. The molecule has 1 aliphatic rings. The molecule has 0 amide bonds. The molecule has 1 heterocycles. The molecule has 0 saturated carbocycles. The Morgan fingerprint density at radius 3 is 2.55 bits per heavy atom. The normalized spacial score (nSPS) is 32.2. The fourth-order valence-corrected chi connectivity index (χ4v) is 1.10. The standard InChI is InChI=1S/C9H16O2/c1-3-4-5-9-10-6-8(2)7-11-9/h2,8-9H,3-7H2,1H3. The summed E-state index contributed by atoms with van der Waals surface area (Å²) in [4.78, 5) is 0. The second-order valence-electron chi connectivity index (χ2n) is 3.00. The van der Waals surface area contributed by atoms with Crippen molar-refractivity contribution in [1.29, 1.82) is 0 Å². The minimum Gasteiger partial charge on any atom is -0.352 e. The van der Waals surface area contributed by atoms with Gasteiger partial charge in [0.25, 0.3) is 0 Å². The van der Waals surface area contributed by atoms with Crippen molar-refractivity contribution in [2.45, 2.75) is 32.5 Å². The lowest BCUT2D eigenvalue weighted by Crippen LogP contribution is -2.30. The van der Waals surface area contributed by atoms with Crippen LogP contribution in [0.4, 0.5) is 0 Å². The van der Waals surface area contributed by atoms with E-state index in [1.807, 2.05) is 0 Å². The molecule has 0 unspecified atom stereocenters. The first-order valence-electron chi connectivity index (χ1n) is 4.31. The number of ether oxygens (including phenoxy) is 2. The van der Waals surface area contributed by atoms with Gasteiger partial charge in [0.15, 0.2) is 6.29 Å². The lowest BCUT2D eigenvalue weighted by Gasteiger charge is -2.26. The molecule has 0 aromatic heterocycles. The second-order valence-corrected chi connectivity index (χ2v) is 3.00. The van der Waals surface area contributed by atoms with Gasteiger partial charge in [-0.25, -0.2) is 0 Å². The first-order valence-corrected chi connectivity index (χ1v) is 4.31. The summed E-state index contributed by atoms with van der Waals surface area (Å²) in [6, 6.07) is 0. The van der Waals surface area contributed by atoms with Gasteiger partial charge in [0.1, 0.15) is 0 Å². The van der Waals surface area contributed by atoms with E-state index in [-0.39, 0.29) is 12.2 Å². The van der Waals surface area contributed by atoms with Gasteiger partial charge >= 0.3 is 0 Å². The predicted molar refractivity (Wildman–Crippen MR) is 43.0 cm³/mol. The van der Waals surface area contributed by atoms with Crippen LogP contribution in [0.5, 0.6) is 0 Å². The van der Waals surface area contributed by atoms with Gasteiger partial charge < -0.3 is 9.47 Å². The van der Waals surface area contributed by atoms with Gasteiger partial charge in [0.2, 0.25) is 0 Å². The lowest BCUT2D eigenvalue weighted by atomic mass is 10.2. The van der Waals surface area contributed by atoms with E-state index in [9.17, 15) is 0 Å². The number of rotatable bonds is 3. The zero-order valence-electron chi connectivity index (χ0n) is 7.08. The quantitative estimate of drug-likeness (QED) is 0.621. The Hall–Kier alpha value is -0.0800. The van der Waals surface area contributed by atoms with Crippen molar-refractivity contribution in [1.82, 2.24) is 0 Å². The molecule has 0 N–H and O–H groups in total. The molecule has 0 atom stereocenters. The van der Waals surface area contributed by atoms with Crippen LogP contribution in [0.1, 0.15) is 26.2 Å². The Morgan fingerprint density at radius 2 is 2.00 bits per heavy atom. The molecule has 2 radical (unpaired) electrons. The third kappa shape index (κ3) is 3.21. The van der Waals surface area contributed by atoms with Gasteiger partial charge in [0.05, 0.1) is 13.2 Å². The average molecular weight is 156 g/mol. The predicted octanol–water partition coefficient (Wildman–Crippen LogP) is 1.88. The number of hydrogen-bond acceptors (Lipinski definition) is 2. The van der Waals surface area contributed by atoms with E-state index in [0.29, 0.717) is 13.2 Å². The third-order valence-electron chi connectivity index (χ3n) is 1.79. The molecule has 1 fully saturated rings. The minimum absolute atomic E-state index is 0.00903. The van der Waals surface area contributed by atoms with Crippen LogP contribution in [-0.2, 0) is 9.47 Å². The van der Waals surface area contributed by atoms with Crippen molar-refractivity contribution >= 4 is 0 Å². The molecule has 0 aromatic rings. The Kier molecular flexibility index (Phi) is 3.87. The molecule has 0 aromatic carbocycles. The SMILES string of the molecule is [CH]C1COC(CCCC)OC1. The Balaban J connectivity index is 2.07. The van der Waals surface area contributed by atoms with E-state index in [1.165, 1.54) is 12.8 Å². The van der Waals surface area contributed by atoms with Gasteiger partial charge in [-0.3, -0.25) is 0 Å². The number of unbranched alkanes of at least 4 members (excludes halogenated alkanes) is 1. The Morgan fingerprint density at radius 1 is 1.36 bits per heavy atom. The van der Waals surface area contributed by atoms with Gasteiger partial charge in [-0.1, -0.05) is 13.3 Å². The monoisotopic (exact) mass is 156 g/mol. The van der Waals surface area contributed by atoms with Crippen molar-refractivity contribution in [2.24, 2.45) is 5.92 Å². The number of hydrogen-bond donors (Lipinski definition) is 0. The molecule has 2 heteroatoms. The maximum atomic E-state index is 5.58. The van der Waals surface area contributed by atoms with Gasteiger partial charge in [-0.15, -0.1) is 0 Å². The van der Waals surface area contributed by atoms with E-state index in [4.69, 9.17) is 16.4 Å². The summed E-state index contributed by atoms with van der Waals surface area (Å²) < 4.78 is 10.7. The van der Waals surface area contributed by atoms with E-state index >= 15 is 0 Å². The molecular formula is C9H16O2. The van der Waals surface area contributed by atoms with Gasteiger partial charge in [-0.2, -0.15) is 0 Å². The Bertz CT molecular complexity index is 93.0. The van der Waals surface area contributed by atoms with E-state index in [1.54, 1.807) is 0 Å². The molecule has 0 aliphatic carbocycles. The second kappa shape index (κ2) is 4.73. The first-order chi connectivity index (χ1) is 5.33. The van der Waals surface area contributed by atoms with Crippen molar-refractivity contribution < 1.29 is 9.47 Å². The fourth-order valence-electron chi connectivity index (χ4n) is 1.10. The Labute approximate surface area is 68.9 Å². The highest BCUT2D eigenvalue weighted by Gasteiger charge is 2.17. The zero-order valence-corrected chi connectivity index (χ0v) is 7.08. The van der Waals surface area contributed by atoms with E-state index < -0.39 is 0 Å². The van der Waals surface area contributed by atoms with Crippen LogP contribution >= 0.6 is 0 Å². The maximum Gasteiger partial charge on any atom is 0.157 e. The summed E-state index contributed by atoms with van der Waals surface area (Å²) in [6.45, 7) is 9.03. The van der Waals surface area contributed by atoms with Gasteiger partial charge in [-0.05, 0) is 19.8 Å². The molecule has 1 aliphatic heterocycles. The largest absolute Gasteiger partial charge is 0.352 e. The third-order valence-corrected chi connectivity index (χ3v) is 1.79. The molecule has 0 spiro atoms. The van der Waals surface area contributed by atoms with E-state index in [2.05, 4.69) is 6.92 Å². The summed E-state index contributed by atoms with van der Waals surface area (Å²) in [5.41, 5.74) is 0. The summed E-state index contributed by atoms with van der Waals surface area (Å²) in [5, 5.41) is 0. The summed E-state index contributed by atoms with van der Waals surface area (Å²) in [5.74, 6) is 0.0767. The van der Waals surface area contributed by atoms with Crippen LogP contribution in [-0.4, -0.2) is 19.5 Å². The maximum absolute atomic E-state index is 5.58.